The van der Waals surface area contributed by atoms with E-state index in [2.05, 4.69) is 143 Å². The lowest BCUT2D eigenvalue weighted by atomic mass is 9.90. The van der Waals surface area contributed by atoms with Crippen LogP contribution in [0, 0.1) is 12.3 Å². The van der Waals surface area contributed by atoms with Gasteiger partial charge in [-0.3, -0.25) is 0 Å². The Morgan fingerprint density at radius 1 is 0.579 bits per heavy atom. The molecule has 0 radical (unpaired) electrons. The van der Waals surface area contributed by atoms with Crippen molar-refractivity contribution >= 4 is 28.4 Å². The minimum Gasteiger partial charge on any atom is -0.333 e. The number of benzene rings is 6. The minimum absolute atomic E-state index is 0.0439. The molecule has 10 rings (SSSR count). The van der Waals surface area contributed by atoms with Crippen LogP contribution in [0.15, 0.2) is 182 Å². The zero-order chi connectivity index (χ0) is 38.3. The molecule has 0 saturated carbocycles. The summed E-state index contributed by atoms with van der Waals surface area (Å²) in [5, 5.41) is 1.07. The quantitative estimate of drug-likeness (QED) is 0.153. The highest BCUT2D eigenvalue weighted by molar-refractivity contribution is 6.00. The average Bonchev–Trinajstić information content (AvgIpc) is 3.79. The molecular formula is C52H37N5. The van der Waals surface area contributed by atoms with E-state index in [4.69, 9.17) is 21.4 Å². The van der Waals surface area contributed by atoms with Crippen LogP contribution in [0.4, 0.5) is 11.4 Å². The van der Waals surface area contributed by atoms with Crippen molar-refractivity contribution in [3.8, 4) is 63.3 Å². The van der Waals surface area contributed by atoms with E-state index in [1.165, 1.54) is 11.1 Å². The van der Waals surface area contributed by atoms with E-state index in [1.807, 2.05) is 67.6 Å². The van der Waals surface area contributed by atoms with Crippen molar-refractivity contribution in [2.45, 2.75) is 18.9 Å². The molecule has 0 amide bonds. The Morgan fingerprint density at radius 3 is 1.79 bits per heavy atom. The number of allylic oxidation sites excluding steroid dienone is 3. The highest BCUT2D eigenvalue weighted by Gasteiger charge is 2.40. The standard InChI is InChI=1S/C52H37N5/c1-3-18-45-42(4-2)43-31-32-47-48(49(43)57(45)41-28-16-25-38(33-41)35-19-8-5-9-20-35)44-29-14-15-30-46(44)56(47)40-27-17-26-39(34-40)52-54-50(36-21-10-6-11-22-36)53-51(55-52)37-23-12-7-13-24-37/h2-3,5-34,44,46H,1H3/b18-3-. The van der Waals surface area contributed by atoms with Gasteiger partial charge in [0.2, 0.25) is 0 Å². The van der Waals surface area contributed by atoms with Crippen LogP contribution < -0.4 is 4.90 Å². The van der Waals surface area contributed by atoms with Gasteiger partial charge in [-0.1, -0.05) is 152 Å². The summed E-state index contributed by atoms with van der Waals surface area (Å²) in [6, 6.07) is 52.6. The monoisotopic (exact) mass is 731 g/mol. The first-order valence-electron chi connectivity index (χ1n) is 19.3. The summed E-state index contributed by atoms with van der Waals surface area (Å²) in [5.41, 5.74) is 12.6. The fraction of sp³-hybridized carbons (Fsp3) is 0.0577. The molecule has 0 bridgehead atoms. The third kappa shape index (κ3) is 5.87. The molecule has 5 nitrogen and oxygen atoms in total. The molecule has 1 aliphatic heterocycles. The lowest BCUT2D eigenvalue weighted by Gasteiger charge is -2.29. The van der Waals surface area contributed by atoms with Gasteiger partial charge in [0.1, 0.15) is 0 Å². The SMILES string of the molecule is C#Cc1c(/C=C\C)n(-c2cccc(-c3ccccc3)c2)c2c3c(ccc12)N(c1cccc(-c2nc(-c4ccccc4)nc(-c4ccccc4)n2)c1)C1C=CC=CC31. The number of aromatic nitrogens is 4. The number of anilines is 2. The molecule has 0 saturated heterocycles. The number of fused-ring (bicyclic) bond motifs is 5. The summed E-state index contributed by atoms with van der Waals surface area (Å²) >= 11 is 0. The highest BCUT2D eigenvalue weighted by Crippen LogP contribution is 2.52. The number of rotatable bonds is 7. The number of hydrogen-bond donors (Lipinski definition) is 0. The predicted octanol–water partition coefficient (Wildman–Crippen LogP) is 12.2. The molecule has 270 valence electrons. The topological polar surface area (TPSA) is 46.8 Å². The first-order valence-corrected chi connectivity index (χ1v) is 19.3. The summed E-state index contributed by atoms with van der Waals surface area (Å²) in [6.07, 6.45) is 19.6. The van der Waals surface area contributed by atoms with Crippen molar-refractivity contribution < 1.29 is 0 Å². The third-order valence-corrected chi connectivity index (χ3v) is 10.9. The maximum Gasteiger partial charge on any atom is 0.164 e. The zero-order valence-electron chi connectivity index (χ0n) is 31.4. The van der Waals surface area contributed by atoms with Gasteiger partial charge in [-0.25, -0.2) is 15.0 Å². The van der Waals surface area contributed by atoms with Crippen LogP contribution in [-0.2, 0) is 0 Å². The summed E-state index contributed by atoms with van der Waals surface area (Å²) in [5.74, 6) is 5.07. The predicted molar refractivity (Wildman–Crippen MR) is 234 cm³/mol. The fourth-order valence-electron chi connectivity index (χ4n) is 8.45. The summed E-state index contributed by atoms with van der Waals surface area (Å²) in [4.78, 5) is 17.5. The maximum atomic E-state index is 6.37. The average molecular weight is 732 g/mol. The Balaban J connectivity index is 1.17. The molecule has 2 aromatic heterocycles. The summed E-state index contributed by atoms with van der Waals surface area (Å²) in [6.45, 7) is 2.05. The summed E-state index contributed by atoms with van der Waals surface area (Å²) in [7, 11) is 0. The van der Waals surface area contributed by atoms with Gasteiger partial charge in [-0.05, 0) is 60.5 Å². The van der Waals surface area contributed by atoms with Crippen LogP contribution >= 0.6 is 0 Å². The number of terminal acetylenes is 1. The number of nitrogens with zero attached hydrogens (tertiary/aromatic N) is 5. The zero-order valence-corrected chi connectivity index (χ0v) is 31.4. The molecule has 0 spiro atoms. The van der Waals surface area contributed by atoms with Crippen LogP contribution in [0.25, 0.3) is 68.0 Å². The van der Waals surface area contributed by atoms with Crippen molar-refractivity contribution in [3.05, 3.63) is 199 Å². The second kappa shape index (κ2) is 14.3. The van der Waals surface area contributed by atoms with Crippen LogP contribution in [0.5, 0.6) is 0 Å². The fourth-order valence-corrected chi connectivity index (χ4v) is 8.45. The minimum atomic E-state index is 0.0439. The van der Waals surface area contributed by atoms with Crippen molar-refractivity contribution in [2.24, 2.45) is 0 Å². The lowest BCUT2D eigenvalue weighted by Crippen LogP contribution is -2.28. The molecule has 0 fully saturated rings. The van der Waals surface area contributed by atoms with E-state index in [-0.39, 0.29) is 12.0 Å². The molecule has 8 aromatic rings. The Morgan fingerprint density at radius 2 is 1.14 bits per heavy atom. The molecule has 6 aromatic carbocycles. The summed E-state index contributed by atoms with van der Waals surface area (Å²) < 4.78 is 2.37. The van der Waals surface area contributed by atoms with Crippen molar-refractivity contribution in [2.75, 3.05) is 4.90 Å². The second-order valence-corrected chi connectivity index (χ2v) is 14.3. The van der Waals surface area contributed by atoms with E-state index in [0.717, 1.165) is 61.5 Å². The van der Waals surface area contributed by atoms with Gasteiger partial charge in [0, 0.05) is 50.6 Å². The van der Waals surface area contributed by atoms with Crippen molar-refractivity contribution in [1.29, 1.82) is 0 Å². The number of hydrogen-bond acceptors (Lipinski definition) is 4. The smallest absolute Gasteiger partial charge is 0.164 e. The Labute approximate surface area is 332 Å². The van der Waals surface area contributed by atoms with Crippen LogP contribution in [0.2, 0.25) is 0 Å². The molecule has 1 aliphatic carbocycles. The van der Waals surface area contributed by atoms with Gasteiger partial charge in [0.15, 0.2) is 17.5 Å². The van der Waals surface area contributed by atoms with Gasteiger partial charge < -0.3 is 9.47 Å². The maximum absolute atomic E-state index is 6.37. The van der Waals surface area contributed by atoms with Crippen molar-refractivity contribution in [3.63, 3.8) is 0 Å². The van der Waals surface area contributed by atoms with E-state index in [9.17, 15) is 0 Å². The normalized spacial score (nSPS) is 15.5. The molecule has 3 heterocycles. The Hall–Kier alpha value is -7.55. The Bertz CT molecular complexity index is 2870. The molecule has 0 N–H and O–H groups in total. The van der Waals surface area contributed by atoms with E-state index in [0.29, 0.717) is 17.5 Å². The molecule has 2 unspecified atom stereocenters. The van der Waals surface area contributed by atoms with Gasteiger partial charge in [-0.15, -0.1) is 6.42 Å². The second-order valence-electron chi connectivity index (χ2n) is 14.3. The van der Waals surface area contributed by atoms with Crippen molar-refractivity contribution in [1.82, 2.24) is 19.5 Å². The lowest BCUT2D eigenvalue weighted by molar-refractivity contribution is 0.745. The Kier molecular flexibility index (Phi) is 8.50. The van der Waals surface area contributed by atoms with Gasteiger partial charge in [0.05, 0.1) is 22.8 Å². The molecule has 57 heavy (non-hydrogen) atoms. The van der Waals surface area contributed by atoms with E-state index in [1.54, 1.807) is 0 Å². The largest absolute Gasteiger partial charge is 0.333 e. The highest BCUT2D eigenvalue weighted by atomic mass is 15.2. The molecule has 5 heteroatoms. The third-order valence-electron chi connectivity index (χ3n) is 10.9. The first-order chi connectivity index (χ1) is 28.2. The molecular weight excluding hydrogens is 695 g/mol. The van der Waals surface area contributed by atoms with Crippen LogP contribution in [-0.4, -0.2) is 25.6 Å². The first kappa shape index (κ1) is 34.0. The van der Waals surface area contributed by atoms with Crippen LogP contribution in [0.1, 0.15) is 29.7 Å². The van der Waals surface area contributed by atoms with Gasteiger partial charge in [0.25, 0.3) is 0 Å². The molecule has 2 atom stereocenters. The van der Waals surface area contributed by atoms with Gasteiger partial charge in [-0.2, -0.15) is 0 Å². The van der Waals surface area contributed by atoms with Gasteiger partial charge >= 0.3 is 0 Å². The van der Waals surface area contributed by atoms with Crippen LogP contribution in [0.3, 0.4) is 0 Å². The van der Waals surface area contributed by atoms with E-state index >= 15 is 0 Å². The van der Waals surface area contributed by atoms with E-state index < -0.39 is 0 Å². The molecule has 2 aliphatic rings.